The highest BCUT2D eigenvalue weighted by molar-refractivity contribution is 5.33. The summed E-state index contributed by atoms with van der Waals surface area (Å²) in [5.41, 5.74) is 1.28. The molecule has 0 bridgehead atoms. The molecule has 0 saturated heterocycles. The zero-order valence-corrected chi connectivity index (χ0v) is 12.1. The van der Waals surface area contributed by atoms with Gasteiger partial charge in [-0.05, 0) is 33.8 Å². The minimum Gasteiger partial charge on any atom is -0.488 e. The molecule has 1 atom stereocenters. The standard InChI is InChI=1S/C15H25NO2/c1-12(11-17-5)18-14-9-7-6-8-13(14)10-16-15(2,3)4/h6-9,12,16H,10-11H2,1-5H3. The molecular formula is C15H25NO2. The Kier molecular flexibility index (Phi) is 5.63. The number of methoxy groups -OCH3 is 1. The molecule has 1 aromatic carbocycles. The summed E-state index contributed by atoms with van der Waals surface area (Å²) >= 11 is 0. The molecule has 102 valence electrons. The van der Waals surface area contributed by atoms with Crippen molar-refractivity contribution in [2.45, 2.75) is 45.9 Å². The van der Waals surface area contributed by atoms with Crippen LogP contribution in [0, 0.1) is 0 Å². The summed E-state index contributed by atoms with van der Waals surface area (Å²) in [4.78, 5) is 0. The third kappa shape index (κ3) is 5.52. The Balaban J connectivity index is 2.67. The largest absolute Gasteiger partial charge is 0.488 e. The lowest BCUT2D eigenvalue weighted by Crippen LogP contribution is -2.35. The summed E-state index contributed by atoms with van der Waals surface area (Å²) < 4.78 is 11.0. The highest BCUT2D eigenvalue weighted by Gasteiger charge is 2.12. The van der Waals surface area contributed by atoms with Gasteiger partial charge in [0, 0.05) is 24.8 Å². The maximum Gasteiger partial charge on any atom is 0.124 e. The van der Waals surface area contributed by atoms with Crippen molar-refractivity contribution in [2.24, 2.45) is 0 Å². The number of ether oxygens (including phenoxy) is 2. The maximum atomic E-state index is 5.89. The number of benzene rings is 1. The van der Waals surface area contributed by atoms with Gasteiger partial charge in [-0.25, -0.2) is 0 Å². The first-order chi connectivity index (χ1) is 8.42. The third-order valence-corrected chi connectivity index (χ3v) is 2.51. The number of rotatable bonds is 6. The van der Waals surface area contributed by atoms with E-state index in [0.29, 0.717) is 6.61 Å². The smallest absolute Gasteiger partial charge is 0.124 e. The van der Waals surface area contributed by atoms with E-state index in [2.05, 4.69) is 32.2 Å². The average molecular weight is 251 g/mol. The Bertz CT molecular complexity index is 358. The van der Waals surface area contributed by atoms with Gasteiger partial charge >= 0.3 is 0 Å². The van der Waals surface area contributed by atoms with E-state index in [1.807, 2.05) is 25.1 Å². The van der Waals surface area contributed by atoms with Gasteiger partial charge in [-0.2, -0.15) is 0 Å². The molecule has 0 saturated carbocycles. The second kappa shape index (κ2) is 6.76. The van der Waals surface area contributed by atoms with E-state index in [0.717, 1.165) is 12.3 Å². The molecule has 0 aliphatic heterocycles. The number of hydrogen-bond acceptors (Lipinski definition) is 3. The van der Waals surface area contributed by atoms with Crippen LogP contribution in [0.1, 0.15) is 33.3 Å². The molecule has 0 aromatic heterocycles. The summed E-state index contributed by atoms with van der Waals surface area (Å²) in [6.45, 7) is 9.88. The average Bonchev–Trinajstić information content (AvgIpc) is 2.27. The van der Waals surface area contributed by atoms with Gasteiger partial charge in [-0.1, -0.05) is 18.2 Å². The SMILES string of the molecule is COCC(C)Oc1ccccc1CNC(C)(C)C. The van der Waals surface area contributed by atoms with Crippen LogP contribution < -0.4 is 10.1 Å². The predicted octanol–water partition coefficient (Wildman–Crippen LogP) is 2.99. The van der Waals surface area contributed by atoms with Gasteiger partial charge in [-0.15, -0.1) is 0 Å². The van der Waals surface area contributed by atoms with Gasteiger partial charge in [-0.3, -0.25) is 0 Å². The van der Waals surface area contributed by atoms with Crippen LogP contribution in [0.5, 0.6) is 5.75 Å². The van der Waals surface area contributed by atoms with Crippen molar-refractivity contribution >= 4 is 0 Å². The zero-order valence-electron chi connectivity index (χ0n) is 12.1. The highest BCUT2D eigenvalue weighted by Crippen LogP contribution is 2.20. The van der Waals surface area contributed by atoms with E-state index in [9.17, 15) is 0 Å². The van der Waals surface area contributed by atoms with Crippen LogP contribution in [0.15, 0.2) is 24.3 Å². The monoisotopic (exact) mass is 251 g/mol. The third-order valence-electron chi connectivity index (χ3n) is 2.51. The van der Waals surface area contributed by atoms with Crippen LogP contribution in [0.3, 0.4) is 0 Å². The molecule has 1 rings (SSSR count). The fourth-order valence-corrected chi connectivity index (χ4v) is 1.61. The zero-order chi connectivity index (χ0) is 13.6. The molecule has 0 spiro atoms. The van der Waals surface area contributed by atoms with Crippen molar-refractivity contribution < 1.29 is 9.47 Å². The predicted molar refractivity (Wildman–Crippen MR) is 75.0 cm³/mol. The maximum absolute atomic E-state index is 5.89. The van der Waals surface area contributed by atoms with Crippen molar-refractivity contribution in [1.82, 2.24) is 5.32 Å². The molecule has 1 aromatic rings. The minimum absolute atomic E-state index is 0.0609. The van der Waals surface area contributed by atoms with E-state index in [-0.39, 0.29) is 11.6 Å². The quantitative estimate of drug-likeness (QED) is 0.843. The first kappa shape index (κ1) is 15.0. The van der Waals surface area contributed by atoms with Crippen molar-refractivity contribution in [2.75, 3.05) is 13.7 Å². The fourth-order valence-electron chi connectivity index (χ4n) is 1.61. The molecule has 0 fully saturated rings. The summed E-state index contributed by atoms with van der Waals surface area (Å²) in [5, 5.41) is 3.47. The molecule has 0 aliphatic rings. The molecule has 1 unspecified atom stereocenters. The van der Waals surface area contributed by atoms with E-state index in [1.54, 1.807) is 7.11 Å². The van der Waals surface area contributed by atoms with Crippen molar-refractivity contribution in [3.8, 4) is 5.75 Å². The molecule has 18 heavy (non-hydrogen) atoms. The van der Waals surface area contributed by atoms with Crippen LogP contribution in [0.4, 0.5) is 0 Å². The number of hydrogen-bond donors (Lipinski definition) is 1. The molecule has 3 nitrogen and oxygen atoms in total. The van der Waals surface area contributed by atoms with Crippen molar-refractivity contribution in [1.29, 1.82) is 0 Å². The first-order valence-corrected chi connectivity index (χ1v) is 6.41. The van der Waals surface area contributed by atoms with Crippen molar-refractivity contribution in [3.63, 3.8) is 0 Å². The number of para-hydroxylation sites is 1. The van der Waals surface area contributed by atoms with E-state index >= 15 is 0 Å². The van der Waals surface area contributed by atoms with Gasteiger partial charge in [0.15, 0.2) is 0 Å². The summed E-state index contributed by atoms with van der Waals surface area (Å²) in [5.74, 6) is 0.929. The van der Waals surface area contributed by atoms with Crippen LogP contribution in [-0.2, 0) is 11.3 Å². The Morgan fingerprint density at radius 3 is 2.50 bits per heavy atom. The molecule has 0 amide bonds. The van der Waals surface area contributed by atoms with Crippen LogP contribution >= 0.6 is 0 Å². The lowest BCUT2D eigenvalue weighted by atomic mass is 10.1. The molecule has 0 heterocycles. The van der Waals surface area contributed by atoms with Crippen LogP contribution in [-0.4, -0.2) is 25.4 Å². The van der Waals surface area contributed by atoms with Gasteiger partial charge in [0.1, 0.15) is 11.9 Å². The van der Waals surface area contributed by atoms with Crippen LogP contribution in [0.2, 0.25) is 0 Å². The molecule has 0 aliphatic carbocycles. The number of nitrogens with one attached hydrogen (secondary N) is 1. The first-order valence-electron chi connectivity index (χ1n) is 6.41. The summed E-state index contributed by atoms with van der Waals surface area (Å²) in [6.07, 6.45) is 0.0609. The lowest BCUT2D eigenvalue weighted by molar-refractivity contribution is 0.0912. The Hall–Kier alpha value is -1.06. The topological polar surface area (TPSA) is 30.5 Å². The van der Waals surface area contributed by atoms with Crippen LogP contribution in [0.25, 0.3) is 0 Å². The second-order valence-electron chi connectivity index (χ2n) is 5.60. The Morgan fingerprint density at radius 2 is 1.89 bits per heavy atom. The van der Waals surface area contributed by atoms with Gasteiger partial charge in [0.2, 0.25) is 0 Å². The fraction of sp³-hybridized carbons (Fsp3) is 0.600. The summed E-state index contributed by atoms with van der Waals surface area (Å²) in [7, 11) is 1.69. The van der Waals surface area contributed by atoms with E-state index < -0.39 is 0 Å². The molecular weight excluding hydrogens is 226 g/mol. The summed E-state index contributed by atoms with van der Waals surface area (Å²) in [6, 6.07) is 8.13. The highest BCUT2D eigenvalue weighted by atomic mass is 16.5. The minimum atomic E-state index is 0.0609. The van der Waals surface area contributed by atoms with E-state index in [1.165, 1.54) is 5.56 Å². The normalized spacial score (nSPS) is 13.4. The van der Waals surface area contributed by atoms with Crippen molar-refractivity contribution in [3.05, 3.63) is 29.8 Å². The Labute approximate surface area is 110 Å². The van der Waals surface area contributed by atoms with Gasteiger partial charge in [0.25, 0.3) is 0 Å². The van der Waals surface area contributed by atoms with Gasteiger partial charge in [0.05, 0.1) is 6.61 Å². The molecule has 0 radical (unpaired) electrons. The second-order valence-corrected chi connectivity index (χ2v) is 5.60. The molecule has 3 heteroatoms. The molecule has 1 N–H and O–H groups in total. The van der Waals surface area contributed by atoms with Gasteiger partial charge < -0.3 is 14.8 Å². The lowest BCUT2D eigenvalue weighted by Gasteiger charge is -2.22. The van der Waals surface area contributed by atoms with E-state index in [4.69, 9.17) is 9.47 Å². The Morgan fingerprint density at radius 1 is 1.22 bits per heavy atom.